The molecule has 0 fully saturated rings. The summed E-state index contributed by atoms with van der Waals surface area (Å²) in [7, 11) is 0. The van der Waals surface area contributed by atoms with Crippen LogP contribution >= 0.6 is 0 Å². The van der Waals surface area contributed by atoms with Crippen LogP contribution in [0.5, 0.6) is 0 Å². The summed E-state index contributed by atoms with van der Waals surface area (Å²) in [6, 6.07) is 14.6. The minimum absolute atomic E-state index is 0.109. The van der Waals surface area contributed by atoms with Crippen molar-refractivity contribution in [2.75, 3.05) is 0 Å². The summed E-state index contributed by atoms with van der Waals surface area (Å²) in [5, 5.41) is 7.09. The zero-order valence-electron chi connectivity index (χ0n) is 15.5. The fourth-order valence-corrected chi connectivity index (χ4v) is 3.09. The molecule has 0 unspecified atom stereocenters. The van der Waals surface area contributed by atoms with E-state index in [1.54, 1.807) is 0 Å². The van der Waals surface area contributed by atoms with Crippen LogP contribution in [0.25, 0.3) is 0 Å². The molecule has 0 radical (unpaired) electrons. The molecule has 1 amide bonds. The zero-order chi connectivity index (χ0) is 20.3. The van der Waals surface area contributed by atoms with Gasteiger partial charge in [0.15, 0.2) is 0 Å². The lowest BCUT2D eigenvalue weighted by molar-refractivity contribution is -0.137. The first-order valence-corrected chi connectivity index (χ1v) is 8.78. The van der Waals surface area contributed by atoms with E-state index in [0.29, 0.717) is 6.54 Å². The smallest absolute Gasteiger partial charge is 0.348 e. The lowest BCUT2D eigenvalue weighted by Crippen LogP contribution is -2.26. The Morgan fingerprint density at radius 2 is 1.68 bits per heavy atom. The Hall–Kier alpha value is -3.09. The van der Waals surface area contributed by atoms with Crippen LogP contribution in [0.15, 0.2) is 54.6 Å². The second kappa shape index (κ2) is 7.88. The number of halogens is 3. The standard InChI is InChI=1S/C21H20F3N3O/c1-14-18(15(2)27(26-14)13-16-8-4-3-5-9-16)12-25-20(28)17-10-6-7-11-19(17)21(22,23)24/h3-11H,12-13H2,1-2H3,(H,25,28). The van der Waals surface area contributed by atoms with Gasteiger partial charge in [0.05, 0.1) is 23.4 Å². The minimum Gasteiger partial charge on any atom is -0.348 e. The van der Waals surface area contributed by atoms with Gasteiger partial charge in [0.1, 0.15) is 0 Å². The minimum atomic E-state index is -4.58. The van der Waals surface area contributed by atoms with Crippen molar-refractivity contribution in [3.05, 3.63) is 88.2 Å². The molecule has 0 bridgehead atoms. The van der Waals surface area contributed by atoms with E-state index in [9.17, 15) is 18.0 Å². The molecule has 146 valence electrons. The van der Waals surface area contributed by atoms with Crippen LogP contribution in [0, 0.1) is 13.8 Å². The van der Waals surface area contributed by atoms with Crippen LogP contribution in [0.2, 0.25) is 0 Å². The third-order valence-electron chi connectivity index (χ3n) is 4.61. The van der Waals surface area contributed by atoms with Gasteiger partial charge in [0, 0.05) is 17.8 Å². The second-order valence-corrected chi connectivity index (χ2v) is 6.52. The van der Waals surface area contributed by atoms with E-state index < -0.39 is 17.6 Å². The Morgan fingerprint density at radius 1 is 1.04 bits per heavy atom. The van der Waals surface area contributed by atoms with E-state index in [0.717, 1.165) is 28.6 Å². The van der Waals surface area contributed by atoms with E-state index in [1.807, 2.05) is 48.9 Å². The number of rotatable bonds is 5. The van der Waals surface area contributed by atoms with Gasteiger partial charge in [-0.15, -0.1) is 0 Å². The van der Waals surface area contributed by atoms with Crippen molar-refractivity contribution in [3.63, 3.8) is 0 Å². The van der Waals surface area contributed by atoms with E-state index in [1.165, 1.54) is 18.2 Å². The highest BCUT2D eigenvalue weighted by Crippen LogP contribution is 2.31. The average Bonchev–Trinajstić information content (AvgIpc) is 2.93. The average molecular weight is 387 g/mol. The molecule has 1 heterocycles. The van der Waals surface area contributed by atoms with E-state index in [-0.39, 0.29) is 12.1 Å². The van der Waals surface area contributed by atoms with Gasteiger partial charge < -0.3 is 5.32 Å². The summed E-state index contributed by atoms with van der Waals surface area (Å²) in [4.78, 5) is 12.4. The second-order valence-electron chi connectivity index (χ2n) is 6.52. The molecule has 0 saturated heterocycles. The quantitative estimate of drug-likeness (QED) is 0.701. The molecule has 3 aromatic rings. The number of hydrogen-bond donors (Lipinski definition) is 1. The first-order chi connectivity index (χ1) is 13.3. The van der Waals surface area contributed by atoms with Crippen molar-refractivity contribution in [3.8, 4) is 0 Å². The van der Waals surface area contributed by atoms with Gasteiger partial charge in [-0.1, -0.05) is 42.5 Å². The first-order valence-electron chi connectivity index (χ1n) is 8.78. The maximum absolute atomic E-state index is 13.1. The van der Waals surface area contributed by atoms with E-state index >= 15 is 0 Å². The summed E-state index contributed by atoms with van der Waals surface area (Å²) in [6.07, 6.45) is -4.58. The van der Waals surface area contributed by atoms with Gasteiger partial charge in [0.2, 0.25) is 0 Å². The number of aryl methyl sites for hydroxylation is 1. The zero-order valence-corrected chi connectivity index (χ0v) is 15.5. The Kier molecular flexibility index (Phi) is 5.53. The van der Waals surface area contributed by atoms with Crippen molar-refractivity contribution >= 4 is 5.91 Å². The summed E-state index contributed by atoms with van der Waals surface area (Å²) in [5.41, 5.74) is 2.16. The molecule has 2 aromatic carbocycles. The Bertz CT molecular complexity index is 978. The molecule has 4 nitrogen and oxygen atoms in total. The fourth-order valence-electron chi connectivity index (χ4n) is 3.09. The predicted molar refractivity (Wildman–Crippen MR) is 99.9 cm³/mol. The highest BCUT2D eigenvalue weighted by Gasteiger charge is 2.34. The van der Waals surface area contributed by atoms with Crippen molar-refractivity contribution in [1.29, 1.82) is 0 Å². The molecule has 1 aromatic heterocycles. The molecule has 1 N–H and O–H groups in total. The van der Waals surface area contributed by atoms with E-state index in [4.69, 9.17) is 0 Å². The van der Waals surface area contributed by atoms with Crippen LogP contribution in [0.1, 0.15) is 38.4 Å². The molecule has 0 aliphatic heterocycles. The summed E-state index contributed by atoms with van der Waals surface area (Å²) in [6.45, 7) is 4.39. The molecule has 0 aliphatic rings. The topological polar surface area (TPSA) is 46.9 Å². The number of nitrogens with one attached hydrogen (secondary N) is 1. The normalized spacial score (nSPS) is 11.5. The fraction of sp³-hybridized carbons (Fsp3) is 0.238. The SMILES string of the molecule is Cc1nn(Cc2ccccc2)c(C)c1CNC(=O)c1ccccc1C(F)(F)F. The molecule has 0 spiro atoms. The van der Waals surface area contributed by atoms with Crippen molar-refractivity contribution in [2.24, 2.45) is 0 Å². The molecule has 28 heavy (non-hydrogen) atoms. The number of nitrogens with zero attached hydrogens (tertiary/aromatic N) is 2. The number of benzene rings is 2. The number of aromatic nitrogens is 2. The monoisotopic (exact) mass is 387 g/mol. The highest BCUT2D eigenvalue weighted by atomic mass is 19.4. The van der Waals surface area contributed by atoms with Crippen LogP contribution in [0.4, 0.5) is 13.2 Å². The summed E-state index contributed by atoms with van der Waals surface area (Å²) < 4.78 is 41.2. The molecule has 0 saturated carbocycles. The van der Waals surface area contributed by atoms with Crippen molar-refractivity contribution < 1.29 is 18.0 Å². The number of carbonyl (C=O) groups excluding carboxylic acids is 1. The van der Waals surface area contributed by atoms with Crippen LogP contribution < -0.4 is 5.32 Å². The first kappa shape index (κ1) is 19.7. The number of carbonyl (C=O) groups is 1. The molecule has 7 heteroatoms. The maximum atomic E-state index is 13.1. The summed E-state index contributed by atoms with van der Waals surface area (Å²) in [5.74, 6) is -0.762. The Balaban J connectivity index is 1.76. The molecular formula is C21H20F3N3O. The maximum Gasteiger partial charge on any atom is 0.417 e. The summed E-state index contributed by atoms with van der Waals surface area (Å²) >= 11 is 0. The van der Waals surface area contributed by atoms with Gasteiger partial charge in [-0.05, 0) is 31.5 Å². The molecule has 0 atom stereocenters. The van der Waals surface area contributed by atoms with Gasteiger partial charge in [-0.3, -0.25) is 9.48 Å². The van der Waals surface area contributed by atoms with E-state index in [2.05, 4.69) is 10.4 Å². The molecule has 0 aliphatic carbocycles. The number of alkyl halides is 3. The third-order valence-corrected chi connectivity index (χ3v) is 4.61. The van der Waals surface area contributed by atoms with Gasteiger partial charge >= 0.3 is 6.18 Å². The Labute approximate surface area is 161 Å². The van der Waals surface area contributed by atoms with Crippen LogP contribution in [-0.4, -0.2) is 15.7 Å². The lowest BCUT2D eigenvalue weighted by Gasteiger charge is -2.13. The van der Waals surface area contributed by atoms with Gasteiger partial charge in [0.25, 0.3) is 5.91 Å². The predicted octanol–water partition coefficient (Wildman–Crippen LogP) is 4.50. The Morgan fingerprint density at radius 3 is 2.36 bits per heavy atom. The van der Waals surface area contributed by atoms with Crippen LogP contribution in [0.3, 0.4) is 0 Å². The van der Waals surface area contributed by atoms with Gasteiger partial charge in [-0.25, -0.2) is 0 Å². The third kappa shape index (κ3) is 4.24. The number of amides is 1. The lowest BCUT2D eigenvalue weighted by atomic mass is 10.1. The largest absolute Gasteiger partial charge is 0.417 e. The molecule has 3 rings (SSSR count). The van der Waals surface area contributed by atoms with Crippen molar-refractivity contribution in [1.82, 2.24) is 15.1 Å². The van der Waals surface area contributed by atoms with Gasteiger partial charge in [-0.2, -0.15) is 18.3 Å². The number of hydrogen-bond acceptors (Lipinski definition) is 2. The molecular weight excluding hydrogens is 367 g/mol. The van der Waals surface area contributed by atoms with Crippen LogP contribution in [-0.2, 0) is 19.3 Å². The highest BCUT2D eigenvalue weighted by molar-refractivity contribution is 5.95. The van der Waals surface area contributed by atoms with Crippen molar-refractivity contribution in [2.45, 2.75) is 33.1 Å².